The van der Waals surface area contributed by atoms with Crippen molar-refractivity contribution < 1.29 is 9.59 Å². The number of carbonyl (C=O) groups excluding carboxylic acids is 2. The van der Waals surface area contributed by atoms with E-state index in [0.717, 1.165) is 32.7 Å². The molecule has 1 aromatic heterocycles. The first kappa shape index (κ1) is 14.0. The zero-order valence-corrected chi connectivity index (χ0v) is 12.0. The van der Waals surface area contributed by atoms with Crippen LogP contribution in [0, 0.1) is 0 Å². The average Bonchev–Trinajstić information content (AvgIpc) is 2.95. The van der Waals surface area contributed by atoms with Crippen LogP contribution >= 0.6 is 0 Å². The van der Waals surface area contributed by atoms with Crippen molar-refractivity contribution in [2.24, 2.45) is 0 Å². The van der Waals surface area contributed by atoms with Gasteiger partial charge in [0.05, 0.1) is 0 Å². The van der Waals surface area contributed by atoms with E-state index in [0.29, 0.717) is 12.8 Å². The van der Waals surface area contributed by atoms with E-state index in [1.807, 2.05) is 17.2 Å². The van der Waals surface area contributed by atoms with Crippen LogP contribution in [0.3, 0.4) is 0 Å². The second-order valence-corrected chi connectivity index (χ2v) is 5.62. The molecule has 1 N–H and O–H groups in total. The first-order valence-corrected chi connectivity index (χ1v) is 7.42. The Morgan fingerprint density at radius 1 is 1.33 bits per heavy atom. The molecule has 6 heteroatoms. The second-order valence-electron chi connectivity index (χ2n) is 5.62. The van der Waals surface area contributed by atoms with Gasteiger partial charge in [0, 0.05) is 51.5 Å². The van der Waals surface area contributed by atoms with Crippen LogP contribution in [-0.2, 0) is 16.1 Å². The molecule has 2 aliphatic heterocycles. The molecule has 2 amide bonds. The van der Waals surface area contributed by atoms with E-state index in [1.165, 1.54) is 5.56 Å². The Hall–Kier alpha value is -1.95. The highest BCUT2D eigenvalue weighted by atomic mass is 16.2. The van der Waals surface area contributed by atoms with E-state index >= 15 is 0 Å². The first-order valence-electron chi connectivity index (χ1n) is 7.42. The van der Waals surface area contributed by atoms with Gasteiger partial charge in [-0.15, -0.1) is 0 Å². The van der Waals surface area contributed by atoms with Gasteiger partial charge in [0.1, 0.15) is 6.04 Å². The van der Waals surface area contributed by atoms with Crippen molar-refractivity contribution in [1.29, 1.82) is 0 Å². The van der Waals surface area contributed by atoms with Gasteiger partial charge in [-0.25, -0.2) is 0 Å². The lowest BCUT2D eigenvalue weighted by Crippen LogP contribution is -2.53. The van der Waals surface area contributed by atoms with E-state index < -0.39 is 0 Å². The van der Waals surface area contributed by atoms with Gasteiger partial charge in [-0.05, 0) is 18.1 Å². The molecule has 2 fully saturated rings. The van der Waals surface area contributed by atoms with Crippen molar-refractivity contribution in [1.82, 2.24) is 20.1 Å². The fraction of sp³-hybridized carbons (Fsp3) is 0.533. The van der Waals surface area contributed by atoms with Gasteiger partial charge < -0.3 is 10.2 Å². The van der Waals surface area contributed by atoms with Gasteiger partial charge in [-0.1, -0.05) is 6.07 Å². The molecule has 2 saturated heterocycles. The molecule has 112 valence electrons. The van der Waals surface area contributed by atoms with Crippen molar-refractivity contribution in [3.63, 3.8) is 0 Å². The van der Waals surface area contributed by atoms with Gasteiger partial charge in [-0.3, -0.25) is 19.5 Å². The minimum atomic E-state index is -0.303. The predicted molar refractivity (Wildman–Crippen MR) is 77.3 cm³/mol. The second kappa shape index (κ2) is 6.22. The molecule has 6 nitrogen and oxygen atoms in total. The molecule has 1 aromatic rings. The summed E-state index contributed by atoms with van der Waals surface area (Å²) in [6, 6.07) is 3.71. The molecule has 0 aromatic carbocycles. The smallest absolute Gasteiger partial charge is 0.245 e. The number of hydrogen-bond acceptors (Lipinski definition) is 4. The van der Waals surface area contributed by atoms with Crippen LogP contribution in [0.25, 0.3) is 0 Å². The molecule has 0 radical (unpaired) electrons. The fourth-order valence-electron chi connectivity index (χ4n) is 2.90. The van der Waals surface area contributed by atoms with Crippen LogP contribution in [0.15, 0.2) is 24.5 Å². The third kappa shape index (κ3) is 3.39. The lowest BCUT2D eigenvalue weighted by atomic mass is 10.1. The maximum absolute atomic E-state index is 12.3. The van der Waals surface area contributed by atoms with Gasteiger partial charge in [-0.2, -0.15) is 0 Å². The van der Waals surface area contributed by atoms with E-state index in [1.54, 1.807) is 6.20 Å². The summed E-state index contributed by atoms with van der Waals surface area (Å²) in [5.74, 6) is 0.0606. The molecule has 0 saturated carbocycles. The summed E-state index contributed by atoms with van der Waals surface area (Å²) in [4.78, 5) is 31.8. The van der Waals surface area contributed by atoms with Crippen LogP contribution in [0.2, 0.25) is 0 Å². The number of nitrogens with zero attached hydrogens (tertiary/aromatic N) is 3. The highest BCUT2D eigenvalue weighted by Crippen LogP contribution is 2.13. The highest BCUT2D eigenvalue weighted by Gasteiger charge is 2.32. The Bertz CT molecular complexity index is 512. The average molecular weight is 288 g/mol. The van der Waals surface area contributed by atoms with Crippen molar-refractivity contribution in [3.8, 4) is 0 Å². The molecular weight excluding hydrogens is 268 g/mol. The lowest BCUT2D eigenvalue weighted by Gasteiger charge is -2.35. The monoisotopic (exact) mass is 288 g/mol. The largest absolute Gasteiger partial charge is 0.344 e. The Labute approximate surface area is 124 Å². The van der Waals surface area contributed by atoms with Crippen molar-refractivity contribution >= 4 is 11.8 Å². The molecule has 0 bridgehead atoms. The Kier molecular flexibility index (Phi) is 4.15. The summed E-state index contributed by atoms with van der Waals surface area (Å²) in [6.07, 6.45) is 4.76. The van der Waals surface area contributed by atoms with Gasteiger partial charge in [0.2, 0.25) is 11.8 Å². The number of amides is 2. The van der Waals surface area contributed by atoms with Gasteiger partial charge in [0.15, 0.2) is 0 Å². The molecule has 21 heavy (non-hydrogen) atoms. The van der Waals surface area contributed by atoms with Crippen LogP contribution in [0.5, 0.6) is 0 Å². The summed E-state index contributed by atoms with van der Waals surface area (Å²) in [5.41, 5.74) is 1.19. The Morgan fingerprint density at radius 3 is 2.76 bits per heavy atom. The molecular formula is C15H20N4O2. The highest BCUT2D eigenvalue weighted by molar-refractivity contribution is 5.90. The fourth-order valence-corrected chi connectivity index (χ4v) is 2.90. The Morgan fingerprint density at radius 2 is 2.14 bits per heavy atom. The Balaban J connectivity index is 1.49. The van der Waals surface area contributed by atoms with Crippen molar-refractivity contribution in [3.05, 3.63) is 30.1 Å². The molecule has 1 unspecified atom stereocenters. The number of hydrogen-bond donors (Lipinski definition) is 1. The maximum Gasteiger partial charge on any atom is 0.245 e. The van der Waals surface area contributed by atoms with Gasteiger partial charge in [0.25, 0.3) is 0 Å². The summed E-state index contributed by atoms with van der Waals surface area (Å²) in [5, 5.41) is 2.75. The summed E-state index contributed by atoms with van der Waals surface area (Å²) < 4.78 is 0. The van der Waals surface area contributed by atoms with Crippen molar-refractivity contribution in [2.45, 2.75) is 25.4 Å². The van der Waals surface area contributed by atoms with Gasteiger partial charge >= 0.3 is 0 Å². The number of carbonyl (C=O) groups is 2. The number of piperazine rings is 1. The normalized spacial score (nSPS) is 23.1. The summed E-state index contributed by atoms with van der Waals surface area (Å²) >= 11 is 0. The molecule has 3 rings (SSSR count). The molecule has 2 aliphatic rings. The number of pyridine rings is 1. The van der Waals surface area contributed by atoms with Crippen LogP contribution in [-0.4, -0.2) is 58.8 Å². The number of nitrogens with one attached hydrogen (secondary N) is 1. The lowest BCUT2D eigenvalue weighted by molar-refractivity contribution is -0.136. The van der Waals surface area contributed by atoms with E-state index in [4.69, 9.17) is 0 Å². The number of aromatic nitrogens is 1. The molecule has 1 atom stereocenters. The minimum Gasteiger partial charge on any atom is -0.344 e. The van der Waals surface area contributed by atoms with E-state index in [9.17, 15) is 9.59 Å². The molecule has 0 aliphatic carbocycles. The van der Waals surface area contributed by atoms with E-state index in [-0.39, 0.29) is 17.9 Å². The van der Waals surface area contributed by atoms with Crippen LogP contribution < -0.4 is 5.32 Å². The zero-order chi connectivity index (χ0) is 14.7. The van der Waals surface area contributed by atoms with Crippen LogP contribution in [0.1, 0.15) is 18.4 Å². The standard InChI is InChI=1S/C15H20N4O2/c20-14-4-3-13(17-14)15(21)19-8-6-18(7-9-19)11-12-2-1-5-16-10-12/h1-2,5,10,13H,3-4,6-9,11H2,(H,17,20). The molecule has 0 spiro atoms. The third-order valence-corrected chi connectivity index (χ3v) is 4.11. The maximum atomic E-state index is 12.3. The van der Waals surface area contributed by atoms with Crippen LogP contribution in [0.4, 0.5) is 0 Å². The molecule has 3 heterocycles. The quantitative estimate of drug-likeness (QED) is 0.850. The zero-order valence-electron chi connectivity index (χ0n) is 12.0. The van der Waals surface area contributed by atoms with Crippen molar-refractivity contribution in [2.75, 3.05) is 26.2 Å². The minimum absolute atomic E-state index is 0.0106. The SMILES string of the molecule is O=C1CCC(C(=O)N2CCN(Cc3cccnc3)CC2)N1. The summed E-state index contributed by atoms with van der Waals surface area (Å²) in [6.45, 7) is 4.05. The predicted octanol–water partition coefficient (Wildman–Crippen LogP) is 0.00440. The number of rotatable bonds is 3. The third-order valence-electron chi connectivity index (χ3n) is 4.11. The van der Waals surface area contributed by atoms with E-state index in [2.05, 4.69) is 21.3 Å². The topological polar surface area (TPSA) is 65.5 Å². The summed E-state index contributed by atoms with van der Waals surface area (Å²) in [7, 11) is 0. The first-order chi connectivity index (χ1) is 10.2.